The van der Waals surface area contributed by atoms with Crippen molar-refractivity contribution >= 4 is 35.4 Å². The van der Waals surface area contributed by atoms with E-state index in [0.29, 0.717) is 11.7 Å². The van der Waals surface area contributed by atoms with Crippen LogP contribution in [-0.2, 0) is 9.59 Å². The Balaban J connectivity index is 2.12. The highest BCUT2D eigenvalue weighted by Crippen LogP contribution is 2.45. The molecule has 1 saturated carbocycles. The van der Waals surface area contributed by atoms with E-state index in [-0.39, 0.29) is 17.2 Å². The highest BCUT2D eigenvalue weighted by Gasteiger charge is 2.48. The zero-order valence-corrected chi connectivity index (χ0v) is 12.3. The van der Waals surface area contributed by atoms with Crippen LogP contribution in [0.3, 0.4) is 0 Å². The van der Waals surface area contributed by atoms with Gasteiger partial charge in [-0.1, -0.05) is 6.92 Å². The summed E-state index contributed by atoms with van der Waals surface area (Å²) < 4.78 is 0. The standard InChI is InChI=1S/C12H19NO3S2/c1-7(5-17-2)10(14)13-9(12(15)16)6-18-11(13)8-3-4-8/h7-9,11H,3-6H2,1-2H3,(H,15,16). The summed E-state index contributed by atoms with van der Waals surface area (Å²) in [5.74, 6) is 0.860. The minimum absolute atomic E-state index is 0.0126. The van der Waals surface area contributed by atoms with E-state index in [1.165, 1.54) is 0 Å². The van der Waals surface area contributed by atoms with Crippen molar-refractivity contribution in [2.45, 2.75) is 31.2 Å². The van der Waals surface area contributed by atoms with Gasteiger partial charge in [-0.2, -0.15) is 11.8 Å². The van der Waals surface area contributed by atoms with E-state index < -0.39 is 12.0 Å². The molecule has 2 aliphatic rings. The monoisotopic (exact) mass is 289 g/mol. The molecule has 6 heteroatoms. The molecule has 18 heavy (non-hydrogen) atoms. The number of carboxylic acids is 1. The van der Waals surface area contributed by atoms with Crippen LogP contribution in [0.1, 0.15) is 19.8 Å². The molecule has 2 rings (SSSR count). The fourth-order valence-electron chi connectivity index (χ4n) is 2.32. The quantitative estimate of drug-likeness (QED) is 0.835. The molecule has 1 heterocycles. The number of thioether (sulfide) groups is 2. The van der Waals surface area contributed by atoms with E-state index in [1.54, 1.807) is 28.4 Å². The lowest BCUT2D eigenvalue weighted by Gasteiger charge is -2.29. The lowest BCUT2D eigenvalue weighted by Crippen LogP contribution is -2.48. The Kier molecular flexibility index (Phi) is 4.48. The normalized spacial score (nSPS) is 29.3. The lowest BCUT2D eigenvalue weighted by atomic mass is 10.1. The maximum absolute atomic E-state index is 12.4. The van der Waals surface area contributed by atoms with E-state index in [1.807, 2.05) is 13.2 Å². The van der Waals surface area contributed by atoms with Crippen molar-refractivity contribution in [3.63, 3.8) is 0 Å². The summed E-state index contributed by atoms with van der Waals surface area (Å²) >= 11 is 3.27. The van der Waals surface area contributed by atoms with Crippen LogP contribution >= 0.6 is 23.5 Å². The average molecular weight is 289 g/mol. The van der Waals surface area contributed by atoms with E-state index in [2.05, 4.69) is 0 Å². The second kappa shape index (κ2) is 5.74. The molecule has 0 aromatic rings. The maximum atomic E-state index is 12.4. The van der Waals surface area contributed by atoms with Crippen LogP contribution < -0.4 is 0 Å². The Hall–Kier alpha value is -0.360. The minimum atomic E-state index is -0.865. The molecule has 3 atom stereocenters. The van der Waals surface area contributed by atoms with Crippen LogP contribution in [-0.4, -0.2) is 51.1 Å². The van der Waals surface area contributed by atoms with E-state index >= 15 is 0 Å². The number of hydrogen-bond acceptors (Lipinski definition) is 4. The first kappa shape index (κ1) is 14.1. The minimum Gasteiger partial charge on any atom is -0.480 e. The third-order valence-electron chi connectivity index (χ3n) is 3.44. The van der Waals surface area contributed by atoms with Gasteiger partial charge in [0.05, 0.1) is 5.37 Å². The molecule has 1 aliphatic carbocycles. The SMILES string of the molecule is CSCC(C)C(=O)N1C(C(=O)O)CSC1C1CC1. The second-order valence-electron chi connectivity index (χ2n) is 5.02. The van der Waals surface area contributed by atoms with Crippen molar-refractivity contribution in [1.82, 2.24) is 4.90 Å². The van der Waals surface area contributed by atoms with Gasteiger partial charge < -0.3 is 10.0 Å². The molecule has 1 saturated heterocycles. The molecule has 1 aliphatic heterocycles. The average Bonchev–Trinajstić information content (AvgIpc) is 3.07. The van der Waals surface area contributed by atoms with Gasteiger partial charge in [0.15, 0.2) is 0 Å². The van der Waals surface area contributed by atoms with Crippen LogP contribution in [0.2, 0.25) is 0 Å². The first-order valence-electron chi connectivity index (χ1n) is 6.21. The zero-order chi connectivity index (χ0) is 13.3. The molecule has 0 radical (unpaired) electrons. The molecule has 0 bridgehead atoms. The van der Waals surface area contributed by atoms with Crippen LogP contribution in [0, 0.1) is 11.8 Å². The number of nitrogens with zero attached hydrogens (tertiary/aromatic N) is 1. The summed E-state index contributed by atoms with van der Waals surface area (Å²) in [6, 6.07) is -0.627. The Morgan fingerprint density at radius 3 is 2.67 bits per heavy atom. The van der Waals surface area contributed by atoms with Crippen molar-refractivity contribution in [1.29, 1.82) is 0 Å². The molecule has 2 fully saturated rings. The fourth-order valence-corrected chi connectivity index (χ4v) is 4.60. The van der Waals surface area contributed by atoms with Gasteiger partial charge in [0.25, 0.3) is 0 Å². The van der Waals surface area contributed by atoms with Gasteiger partial charge in [-0.15, -0.1) is 11.8 Å². The van der Waals surface area contributed by atoms with Gasteiger partial charge in [0, 0.05) is 17.4 Å². The third kappa shape index (κ3) is 2.79. The van der Waals surface area contributed by atoms with Crippen molar-refractivity contribution < 1.29 is 14.7 Å². The molecule has 3 unspecified atom stereocenters. The summed E-state index contributed by atoms with van der Waals surface area (Å²) in [5.41, 5.74) is 0. The van der Waals surface area contributed by atoms with Crippen LogP contribution in [0.15, 0.2) is 0 Å². The predicted molar refractivity (Wildman–Crippen MR) is 74.8 cm³/mol. The van der Waals surface area contributed by atoms with E-state index in [9.17, 15) is 14.7 Å². The molecular weight excluding hydrogens is 270 g/mol. The second-order valence-corrected chi connectivity index (χ2v) is 7.08. The summed E-state index contributed by atoms with van der Waals surface area (Å²) in [6.45, 7) is 1.89. The number of carbonyl (C=O) groups is 2. The van der Waals surface area contributed by atoms with Crippen molar-refractivity contribution in [3.8, 4) is 0 Å². The van der Waals surface area contributed by atoms with Crippen LogP contribution in [0.25, 0.3) is 0 Å². The van der Waals surface area contributed by atoms with Crippen LogP contribution in [0.5, 0.6) is 0 Å². The Morgan fingerprint density at radius 2 is 2.17 bits per heavy atom. The largest absolute Gasteiger partial charge is 0.480 e. The topological polar surface area (TPSA) is 57.6 Å². The molecular formula is C12H19NO3S2. The summed E-state index contributed by atoms with van der Waals surface area (Å²) in [6.07, 6.45) is 4.23. The molecule has 0 spiro atoms. The highest BCUT2D eigenvalue weighted by atomic mass is 32.2. The van der Waals surface area contributed by atoms with Gasteiger partial charge in [-0.25, -0.2) is 4.79 Å². The Bertz CT molecular complexity index is 346. The maximum Gasteiger partial charge on any atom is 0.327 e. The molecule has 102 valence electrons. The first-order valence-corrected chi connectivity index (χ1v) is 8.66. The van der Waals surface area contributed by atoms with Crippen molar-refractivity contribution in [2.24, 2.45) is 11.8 Å². The molecule has 1 N–H and O–H groups in total. The van der Waals surface area contributed by atoms with Crippen LogP contribution in [0.4, 0.5) is 0 Å². The Morgan fingerprint density at radius 1 is 1.50 bits per heavy atom. The van der Waals surface area contributed by atoms with E-state index in [0.717, 1.165) is 18.6 Å². The van der Waals surface area contributed by atoms with Gasteiger partial charge in [0.1, 0.15) is 6.04 Å². The zero-order valence-electron chi connectivity index (χ0n) is 10.7. The predicted octanol–water partition coefficient (Wildman–Crippen LogP) is 1.75. The Labute approximate surface area is 116 Å². The van der Waals surface area contributed by atoms with Gasteiger partial charge in [0.2, 0.25) is 5.91 Å². The number of rotatable bonds is 5. The third-order valence-corrected chi connectivity index (χ3v) is 5.73. The molecule has 0 aromatic heterocycles. The number of carbonyl (C=O) groups excluding carboxylic acids is 1. The smallest absolute Gasteiger partial charge is 0.327 e. The highest BCUT2D eigenvalue weighted by molar-refractivity contribution is 8.00. The number of amides is 1. The molecule has 1 amide bonds. The van der Waals surface area contributed by atoms with Crippen molar-refractivity contribution in [3.05, 3.63) is 0 Å². The number of aliphatic carboxylic acids is 1. The van der Waals surface area contributed by atoms with Gasteiger partial charge in [-0.05, 0) is 25.0 Å². The van der Waals surface area contributed by atoms with Gasteiger partial charge >= 0.3 is 5.97 Å². The van der Waals surface area contributed by atoms with E-state index in [4.69, 9.17) is 0 Å². The summed E-state index contributed by atoms with van der Waals surface area (Å²) in [5, 5.41) is 9.35. The lowest BCUT2D eigenvalue weighted by molar-refractivity contribution is -0.150. The summed E-state index contributed by atoms with van der Waals surface area (Å²) in [4.78, 5) is 25.4. The number of hydrogen-bond donors (Lipinski definition) is 1. The van der Waals surface area contributed by atoms with Gasteiger partial charge in [-0.3, -0.25) is 4.79 Å². The molecule has 0 aromatic carbocycles. The first-order chi connectivity index (χ1) is 8.56. The molecule has 4 nitrogen and oxygen atoms in total. The van der Waals surface area contributed by atoms with Crippen molar-refractivity contribution in [2.75, 3.05) is 17.8 Å². The summed E-state index contributed by atoms with van der Waals surface area (Å²) in [7, 11) is 0. The number of carboxylic acid groups (broad SMARTS) is 1. The fraction of sp³-hybridized carbons (Fsp3) is 0.833.